The van der Waals surface area contributed by atoms with Crippen molar-refractivity contribution >= 4 is 5.97 Å². The minimum Gasteiger partial charge on any atom is -0.462 e. The van der Waals surface area contributed by atoms with Gasteiger partial charge in [0.25, 0.3) is 0 Å². The molecule has 6 fully saturated rings. The Morgan fingerprint density at radius 2 is 1.97 bits per heavy atom. The molecule has 1 spiro atoms. The third-order valence-corrected chi connectivity index (χ3v) is 11.2. The van der Waals surface area contributed by atoms with Gasteiger partial charge in [-0.2, -0.15) is 0 Å². The van der Waals surface area contributed by atoms with Crippen molar-refractivity contribution in [2.75, 3.05) is 27.3 Å². The van der Waals surface area contributed by atoms with Crippen molar-refractivity contribution in [2.45, 2.75) is 82.8 Å². The highest BCUT2D eigenvalue weighted by molar-refractivity contribution is 5.66. The number of piperidine rings is 1. The van der Waals surface area contributed by atoms with Crippen LogP contribution in [0.25, 0.3) is 0 Å². The fraction of sp³-hybridized carbons (Fsp3) is 0.960. The van der Waals surface area contributed by atoms with Crippen molar-refractivity contribution in [1.82, 2.24) is 4.90 Å². The molecule has 1 aliphatic heterocycles. The Morgan fingerprint density at radius 1 is 1.19 bits per heavy atom. The second-order valence-electron chi connectivity index (χ2n) is 11.9. The number of ether oxygens (including phenoxy) is 3. The first-order valence-electron chi connectivity index (χ1n) is 12.5. The van der Waals surface area contributed by atoms with Crippen LogP contribution in [-0.2, 0) is 19.0 Å². The predicted molar refractivity (Wildman–Crippen MR) is 114 cm³/mol. The normalized spacial score (nSPS) is 59.0. The third-order valence-electron chi connectivity index (χ3n) is 11.2. The molecule has 0 amide bonds. The van der Waals surface area contributed by atoms with E-state index in [1.54, 1.807) is 7.11 Å². The monoisotopic (exact) mass is 433 g/mol. The minimum absolute atomic E-state index is 0.00384. The van der Waals surface area contributed by atoms with E-state index >= 15 is 0 Å². The maximum atomic E-state index is 12.5. The summed E-state index contributed by atoms with van der Waals surface area (Å²) in [5, 5.41) is 12.5. The molecule has 174 valence electrons. The number of aliphatic hydroxyl groups is 1. The SMILES string of the molecule is CCN1C[C@]2(C)CC[C@H](OC)[C@@]34[C@@H]5C[C@H]6[C@H](OC(C)=O)[C@@H]5[C@](O)(C[C@@H]6OC)[C@@H](C[C@H]23)[C@@H]14. The van der Waals surface area contributed by atoms with Crippen LogP contribution < -0.4 is 0 Å². The summed E-state index contributed by atoms with van der Waals surface area (Å²) < 4.78 is 18.3. The van der Waals surface area contributed by atoms with Crippen LogP contribution in [0.4, 0.5) is 0 Å². The molecular formula is C25H39NO5. The van der Waals surface area contributed by atoms with Gasteiger partial charge in [-0.1, -0.05) is 13.8 Å². The van der Waals surface area contributed by atoms with Crippen molar-refractivity contribution in [3.05, 3.63) is 0 Å². The summed E-state index contributed by atoms with van der Waals surface area (Å²) >= 11 is 0. The van der Waals surface area contributed by atoms with Gasteiger partial charge in [-0.05, 0) is 49.5 Å². The zero-order valence-electron chi connectivity index (χ0n) is 19.7. The Kier molecular flexibility index (Phi) is 4.35. The molecule has 0 radical (unpaired) electrons. The lowest BCUT2D eigenvalue weighted by Gasteiger charge is -2.69. The van der Waals surface area contributed by atoms with Gasteiger partial charge in [-0.25, -0.2) is 0 Å². The van der Waals surface area contributed by atoms with Crippen molar-refractivity contribution in [3.63, 3.8) is 0 Å². The van der Waals surface area contributed by atoms with Crippen molar-refractivity contribution in [2.24, 2.45) is 40.4 Å². The lowest BCUT2D eigenvalue weighted by atomic mass is 9.43. The van der Waals surface area contributed by atoms with Crippen LogP contribution in [-0.4, -0.2) is 73.2 Å². The van der Waals surface area contributed by atoms with E-state index in [9.17, 15) is 9.90 Å². The van der Waals surface area contributed by atoms with Crippen LogP contribution in [0.3, 0.4) is 0 Å². The van der Waals surface area contributed by atoms with Crippen LogP contribution in [0.5, 0.6) is 0 Å². The van der Waals surface area contributed by atoms with E-state index in [1.165, 1.54) is 13.3 Å². The van der Waals surface area contributed by atoms with E-state index in [4.69, 9.17) is 14.2 Å². The molecule has 6 nitrogen and oxygen atoms in total. The van der Waals surface area contributed by atoms with Gasteiger partial charge in [0, 0.05) is 63.3 Å². The number of methoxy groups -OCH3 is 2. The summed E-state index contributed by atoms with van der Waals surface area (Å²) in [4.78, 5) is 14.8. The molecule has 0 aromatic heterocycles. The first-order chi connectivity index (χ1) is 14.8. The number of fused-ring (bicyclic) bond motifs is 2. The van der Waals surface area contributed by atoms with E-state index in [-0.39, 0.29) is 52.9 Å². The van der Waals surface area contributed by atoms with Crippen LogP contribution in [0.15, 0.2) is 0 Å². The zero-order chi connectivity index (χ0) is 21.9. The van der Waals surface area contributed by atoms with E-state index in [2.05, 4.69) is 18.7 Å². The molecule has 1 heterocycles. The molecule has 0 unspecified atom stereocenters. The van der Waals surface area contributed by atoms with Crippen molar-refractivity contribution in [3.8, 4) is 0 Å². The van der Waals surface area contributed by atoms with E-state index in [0.29, 0.717) is 24.3 Å². The quantitative estimate of drug-likeness (QED) is 0.687. The topological polar surface area (TPSA) is 68.2 Å². The summed E-state index contributed by atoms with van der Waals surface area (Å²) in [6.45, 7) is 8.43. The third kappa shape index (κ3) is 2.22. The Balaban J connectivity index is 1.57. The number of likely N-dealkylation sites (tertiary alicyclic amines) is 1. The summed E-state index contributed by atoms with van der Waals surface area (Å²) in [6, 6.07) is 0.347. The number of nitrogens with zero attached hydrogens (tertiary/aromatic N) is 1. The highest BCUT2D eigenvalue weighted by atomic mass is 16.5. The number of carbonyl (C=O) groups excluding carboxylic acids is 1. The van der Waals surface area contributed by atoms with E-state index in [0.717, 1.165) is 32.4 Å². The lowest BCUT2D eigenvalue weighted by molar-refractivity contribution is -0.271. The fourth-order valence-corrected chi connectivity index (χ4v) is 10.7. The Hall–Kier alpha value is -0.690. The molecule has 12 atom stereocenters. The summed E-state index contributed by atoms with van der Waals surface area (Å²) in [5.74, 6) is 0.979. The number of hydrogen-bond acceptors (Lipinski definition) is 6. The van der Waals surface area contributed by atoms with E-state index in [1.807, 2.05) is 7.11 Å². The van der Waals surface area contributed by atoms with Crippen LogP contribution in [0, 0.1) is 40.4 Å². The van der Waals surface area contributed by atoms with Gasteiger partial charge in [0.1, 0.15) is 6.10 Å². The summed E-state index contributed by atoms with van der Waals surface area (Å²) in [7, 11) is 3.65. The van der Waals surface area contributed by atoms with Gasteiger partial charge in [-0.3, -0.25) is 9.69 Å². The minimum atomic E-state index is -0.845. The van der Waals surface area contributed by atoms with Gasteiger partial charge in [0.05, 0.1) is 17.8 Å². The van der Waals surface area contributed by atoms with E-state index < -0.39 is 5.60 Å². The largest absolute Gasteiger partial charge is 0.462 e. The maximum Gasteiger partial charge on any atom is 0.302 e. The van der Waals surface area contributed by atoms with Gasteiger partial charge >= 0.3 is 5.97 Å². The molecule has 1 N–H and O–H groups in total. The number of carbonyl (C=O) groups is 1. The molecule has 31 heavy (non-hydrogen) atoms. The zero-order valence-corrected chi connectivity index (χ0v) is 19.7. The molecule has 6 rings (SSSR count). The molecule has 6 aliphatic rings. The van der Waals surface area contributed by atoms with Gasteiger partial charge in [0.2, 0.25) is 0 Å². The fourth-order valence-electron chi connectivity index (χ4n) is 10.7. The summed E-state index contributed by atoms with van der Waals surface area (Å²) in [5.41, 5.74) is -0.545. The second kappa shape index (κ2) is 6.46. The van der Waals surface area contributed by atoms with Crippen molar-refractivity contribution in [1.29, 1.82) is 0 Å². The van der Waals surface area contributed by atoms with Crippen LogP contribution in [0.2, 0.25) is 0 Å². The van der Waals surface area contributed by atoms with Crippen molar-refractivity contribution < 1.29 is 24.1 Å². The Labute approximate surface area is 186 Å². The molecule has 5 aliphatic carbocycles. The molecule has 0 aromatic rings. The highest BCUT2D eigenvalue weighted by Gasteiger charge is 2.83. The van der Waals surface area contributed by atoms with Gasteiger partial charge in [0.15, 0.2) is 0 Å². The first-order valence-corrected chi connectivity index (χ1v) is 12.5. The number of hydrogen-bond donors (Lipinski definition) is 1. The predicted octanol–water partition coefficient (Wildman–Crippen LogP) is 2.48. The summed E-state index contributed by atoms with van der Waals surface area (Å²) in [6.07, 6.45) is 4.91. The molecule has 5 saturated carbocycles. The average molecular weight is 434 g/mol. The maximum absolute atomic E-state index is 12.5. The number of rotatable bonds is 4. The second-order valence-corrected chi connectivity index (χ2v) is 11.9. The number of esters is 1. The Morgan fingerprint density at radius 3 is 2.61 bits per heavy atom. The van der Waals surface area contributed by atoms with Crippen LogP contribution >= 0.6 is 0 Å². The highest BCUT2D eigenvalue weighted by Crippen LogP contribution is 2.79. The first kappa shape index (κ1) is 20.9. The van der Waals surface area contributed by atoms with Crippen LogP contribution in [0.1, 0.15) is 52.9 Å². The molecule has 1 saturated heterocycles. The Bertz CT molecular complexity index is 790. The standard InChI is InChI=1S/C25H39NO5/c1-6-26-12-23(3)8-7-19(30-5)25-15-9-14-17(29-4)11-24(28,16(22(25)26)10-18(23)25)20(15)21(14)31-13(2)27/h14-22,28H,6-12H2,1-5H3/t14-,15-,16+,17+,18-,19+,20-,21+,22-,23+,24+,25-/m1/s1. The average Bonchev–Trinajstić information content (AvgIpc) is 3.17. The lowest BCUT2D eigenvalue weighted by Crippen LogP contribution is -2.75. The molecule has 6 heteroatoms. The van der Waals surface area contributed by atoms with Gasteiger partial charge < -0.3 is 19.3 Å². The van der Waals surface area contributed by atoms with Gasteiger partial charge in [-0.15, -0.1) is 0 Å². The smallest absolute Gasteiger partial charge is 0.302 e. The molecule has 0 aromatic carbocycles. The molecule has 7 bridgehead atoms. The molecular weight excluding hydrogens is 394 g/mol.